The second-order valence-electron chi connectivity index (χ2n) is 9.65. The first-order chi connectivity index (χ1) is 17.9. The first kappa shape index (κ1) is 31.0. The van der Waals surface area contributed by atoms with Crippen LogP contribution in [0.15, 0.2) is 46.4 Å². The van der Waals surface area contributed by atoms with E-state index in [2.05, 4.69) is 48.6 Å². The summed E-state index contributed by atoms with van der Waals surface area (Å²) < 4.78 is 37.9. The van der Waals surface area contributed by atoms with Crippen molar-refractivity contribution in [2.45, 2.75) is 38.9 Å². The number of nitriles is 1. The van der Waals surface area contributed by atoms with Crippen molar-refractivity contribution >= 4 is 42.6 Å². The zero-order valence-corrected chi connectivity index (χ0v) is 24.9. The molecule has 0 aliphatic rings. The molecule has 0 atom stereocenters. The number of ether oxygens (including phenoxy) is 3. The van der Waals surface area contributed by atoms with Crippen LogP contribution in [0.3, 0.4) is 0 Å². The molecule has 204 valence electrons. The molecule has 0 fully saturated rings. The Morgan fingerprint density at radius 2 is 1.79 bits per heavy atom. The van der Waals surface area contributed by atoms with Crippen molar-refractivity contribution in [3.05, 3.63) is 53.3 Å². The van der Waals surface area contributed by atoms with Crippen molar-refractivity contribution in [2.75, 3.05) is 33.7 Å². The topological polar surface area (TPSA) is 103 Å². The molecule has 0 aliphatic heterocycles. The molecule has 11 heteroatoms. The second-order valence-corrected chi connectivity index (χ2v) is 15.3. The largest absolute Gasteiger partial charge is 0.497 e. The summed E-state index contributed by atoms with van der Waals surface area (Å²) in [5.41, 5.74) is 0.970. The van der Waals surface area contributed by atoms with E-state index in [1.165, 1.54) is 26.4 Å². The van der Waals surface area contributed by atoms with Crippen LogP contribution in [0.1, 0.15) is 31.9 Å². The summed E-state index contributed by atoms with van der Waals surface area (Å²) in [6, 6.07) is 11.3. The number of hydrogen-bond acceptors (Lipinski definition) is 8. The number of thioether (sulfide) groups is 1. The Morgan fingerprint density at radius 3 is 2.32 bits per heavy atom. The Labute approximate surface area is 229 Å². The lowest BCUT2D eigenvalue weighted by atomic mass is 10.1. The average molecular weight is 560 g/mol. The van der Waals surface area contributed by atoms with E-state index in [4.69, 9.17) is 19.2 Å². The van der Waals surface area contributed by atoms with Crippen LogP contribution < -0.4 is 9.47 Å². The number of nitrogens with zero attached hydrogens (tertiary/aromatic N) is 3. The van der Waals surface area contributed by atoms with Crippen LogP contribution in [0.2, 0.25) is 18.1 Å². The molecule has 0 saturated carbocycles. The summed E-state index contributed by atoms with van der Waals surface area (Å²) in [6.07, 6.45) is 0.827. The van der Waals surface area contributed by atoms with Crippen LogP contribution in [0.4, 0.5) is 14.9 Å². The number of hydrogen-bond donors (Lipinski definition) is 0. The van der Waals surface area contributed by atoms with Gasteiger partial charge < -0.3 is 18.6 Å². The van der Waals surface area contributed by atoms with Crippen LogP contribution in [0.25, 0.3) is 0 Å². The van der Waals surface area contributed by atoms with Crippen LogP contribution in [0, 0.1) is 17.1 Å². The fourth-order valence-electron chi connectivity index (χ4n) is 2.92. The molecule has 38 heavy (non-hydrogen) atoms. The number of halogens is 1. The van der Waals surface area contributed by atoms with Gasteiger partial charge in [-0.05, 0) is 54.7 Å². The van der Waals surface area contributed by atoms with Crippen molar-refractivity contribution in [1.29, 1.82) is 5.26 Å². The van der Waals surface area contributed by atoms with E-state index in [0.717, 1.165) is 11.8 Å². The van der Waals surface area contributed by atoms with Crippen molar-refractivity contribution in [2.24, 2.45) is 9.98 Å². The third-order valence-corrected chi connectivity index (χ3v) is 11.3. The van der Waals surface area contributed by atoms with Crippen molar-refractivity contribution in [3.63, 3.8) is 0 Å². The van der Waals surface area contributed by atoms with Gasteiger partial charge in [0.2, 0.25) is 0 Å². The number of methoxy groups -OCH3 is 2. The van der Waals surface area contributed by atoms with Gasteiger partial charge in [-0.15, -0.1) is 11.8 Å². The van der Waals surface area contributed by atoms with Gasteiger partial charge in [0.25, 0.3) is 0 Å². The maximum Gasteiger partial charge on any atom is 0.434 e. The minimum absolute atomic E-state index is 0.0195. The third-order valence-electron chi connectivity index (χ3n) is 6.11. The van der Waals surface area contributed by atoms with Gasteiger partial charge in [-0.3, -0.25) is 0 Å². The van der Waals surface area contributed by atoms with Gasteiger partial charge in [0, 0.05) is 11.6 Å². The lowest BCUT2D eigenvalue weighted by Crippen LogP contribution is -2.41. The monoisotopic (exact) mass is 559 g/mol. The van der Waals surface area contributed by atoms with E-state index in [9.17, 15) is 4.79 Å². The highest BCUT2D eigenvalue weighted by molar-refractivity contribution is 8.15. The van der Waals surface area contributed by atoms with Gasteiger partial charge in [-0.25, -0.2) is 14.2 Å². The van der Waals surface area contributed by atoms with E-state index < -0.39 is 20.2 Å². The van der Waals surface area contributed by atoms with Gasteiger partial charge in [0.1, 0.15) is 23.1 Å². The van der Waals surface area contributed by atoms with E-state index in [0.29, 0.717) is 23.6 Å². The molecule has 0 radical (unpaired) electrons. The molecule has 1 amide bonds. The van der Waals surface area contributed by atoms with Crippen molar-refractivity contribution < 1.29 is 27.8 Å². The Balaban J connectivity index is 2.54. The van der Waals surface area contributed by atoms with E-state index in [1.807, 2.05) is 6.07 Å². The number of aliphatic imine (C=N–C) groups is 2. The van der Waals surface area contributed by atoms with Crippen LogP contribution >= 0.6 is 11.8 Å². The molecule has 0 heterocycles. The summed E-state index contributed by atoms with van der Waals surface area (Å²) in [7, 11) is 0.662. The van der Waals surface area contributed by atoms with Gasteiger partial charge >= 0.3 is 6.09 Å². The molecule has 0 unspecified atom stereocenters. The highest BCUT2D eigenvalue weighted by Gasteiger charge is 2.37. The van der Waals surface area contributed by atoms with Crippen molar-refractivity contribution in [1.82, 2.24) is 0 Å². The van der Waals surface area contributed by atoms with E-state index >= 15 is 4.39 Å². The zero-order valence-electron chi connectivity index (χ0n) is 23.0. The summed E-state index contributed by atoms with van der Waals surface area (Å²) in [4.78, 5) is 20.5. The molecule has 0 bridgehead atoms. The average Bonchev–Trinajstić information content (AvgIpc) is 2.89. The van der Waals surface area contributed by atoms with Crippen molar-refractivity contribution in [3.8, 4) is 17.6 Å². The predicted octanol–water partition coefficient (Wildman–Crippen LogP) is 6.76. The number of carbonyl (C=O) groups excluding carboxylic acids is 1. The van der Waals surface area contributed by atoms with Gasteiger partial charge in [-0.2, -0.15) is 10.3 Å². The molecule has 2 aromatic carbocycles. The summed E-state index contributed by atoms with van der Waals surface area (Å²) in [6.45, 7) is 11.1. The standard InChI is InChI=1S/C27H34FN3O5SSi/c1-27(2,3)38(7,8)36-14-13-35-22-16-20(33-4)15-21(23(22)28)24(25(37-6)31-26(32)34-5)30-19-11-9-18(17-29)10-12-19/h9-12,15-16H,13-14H2,1-8H3. The molecule has 8 nitrogen and oxygen atoms in total. The van der Waals surface area contributed by atoms with Gasteiger partial charge in [0.05, 0.1) is 38.1 Å². The molecule has 2 rings (SSSR count). The van der Waals surface area contributed by atoms with Crippen LogP contribution in [-0.2, 0) is 9.16 Å². The summed E-state index contributed by atoms with van der Waals surface area (Å²) in [5, 5.41) is 9.25. The smallest absolute Gasteiger partial charge is 0.434 e. The quantitative estimate of drug-likeness (QED) is 0.145. The van der Waals surface area contributed by atoms with Gasteiger partial charge in [-0.1, -0.05) is 20.8 Å². The fraction of sp³-hybridized carbons (Fsp3) is 0.407. The zero-order chi connectivity index (χ0) is 28.5. The molecular weight excluding hydrogens is 525 g/mol. The fourth-order valence-corrected chi connectivity index (χ4v) is 4.46. The van der Waals surface area contributed by atoms with Crippen LogP contribution in [0.5, 0.6) is 11.5 Å². The molecule has 2 aromatic rings. The Bertz CT molecular complexity index is 1230. The first-order valence-corrected chi connectivity index (χ1v) is 15.9. The second kappa shape index (κ2) is 13.5. The number of amides is 1. The molecule has 0 aromatic heterocycles. The molecule has 0 N–H and O–H groups in total. The molecule has 0 spiro atoms. The normalized spacial score (nSPS) is 12.6. The minimum atomic E-state index is -1.99. The Morgan fingerprint density at radius 1 is 1.13 bits per heavy atom. The van der Waals surface area contributed by atoms with E-state index in [-0.39, 0.29) is 33.7 Å². The number of benzene rings is 2. The predicted molar refractivity (Wildman–Crippen MR) is 152 cm³/mol. The maximum atomic E-state index is 15.9. The SMILES string of the molecule is COC(=O)N=C(SC)C(=Nc1ccc(C#N)cc1)c1cc(OC)cc(OCCO[Si](C)(C)C(C)(C)C)c1F. The van der Waals surface area contributed by atoms with E-state index in [1.54, 1.807) is 30.5 Å². The Kier molecular flexibility index (Phi) is 11.1. The lowest BCUT2D eigenvalue weighted by molar-refractivity contribution is 0.183. The minimum Gasteiger partial charge on any atom is -0.497 e. The maximum absolute atomic E-state index is 15.9. The highest BCUT2D eigenvalue weighted by atomic mass is 32.2. The first-order valence-electron chi connectivity index (χ1n) is 11.8. The molecule has 0 aliphatic carbocycles. The number of rotatable bonds is 9. The third kappa shape index (κ3) is 8.15. The van der Waals surface area contributed by atoms with Gasteiger partial charge in [0.15, 0.2) is 19.9 Å². The van der Waals surface area contributed by atoms with Crippen LogP contribution in [-0.4, -0.2) is 58.9 Å². The molecular formula is C27H34FN3O5SSi. The Hall–Kier alpha value is -3.20. The number of carbonyl (C=O) groups is 1. The lowest BCUT2D eigenvalue weighted by Gasteiger charge is -2.36. The summed E-state index contributed by atoms with van der Waals surface area (Å²) in [5.74, 6) is -0.422. The summed E-state index contributed by atoms with van der Waals surface area (Å²) >= 11 is 1.10. The molecule has 0 saturated heterocycles. The highest BCUT2D eigenvalue weighted by Crippen LogP contribution is 2.36.